The second-order valence-electron chi connectivity index (χ2n) is 11.3. The van der Waals surface area contributed by atoms with Gasteiger partial charge in [0.25, 0.3) is 0 Å². The molecule has 1 unspecified atom stereocenters. The molecular formula is C28H39F3O2. The molecule has 0 amide bonds. The van der Waals surface area contributed by atoms with Gasteiger partial charge in [0.2, 0.25) is 0 Å². The van der Waals surface area contributed by atoms with Gasteiger partial charge in [0.1, 0.15) is 6.79 Å². The highest BCUT2D eigenvalue weighted by Gasteiger charge is 2.58. The van der Waals surface area contributed by atoms with Crippen LogP contribution in [0.2, 0.25) is 0 Å². The van der Waals surface area contributed by atoms with Gasteiger partial charge in [-0.2, -0.15) is 13.2 Å². The van der Waals surface area contributed by atoms with Gasteiger partial charge in [-0.3, -0.25) is 0 Å². The number of ether oxygens (including phenoxy) is 2. The summed E-state index contributed by atoms with van der Waals surface area (Å²) in [5, 5.41) is 0. The number of methoxy groups -OCH3 is 1. The molecule has 2 nitrogen and oxygen atoms in total. The average molecular weight is 465 g/mol. The molecule has 3 saturated carbocycles. The number of allylic oxidation sites excluding steroid dienone is 5. The molecule has 5 heteroatoms. The van der Waals surface area contributed by atoms with Gasteiger partial charge in [0, 0.05) is 12.7 Å². The number of hydrogen-bond acceptors (Lipinski definition) is 2. The third kappa shape index (κ3) is 4.40. The normalized spacial score (nSPS) is 40.7. The van der Waals surface area contributed by atoms with Crippen molar-refractivity contribution in [2.75, 3.05) is 13.9 Å². The lowest BCUT2D eigenvalue weighted by molar-refractivity contribution is -0.0966. The van der Waals surface area contributed by atoms with E-state index in [2.05, 4.69) is 33.1 Å². The van der Waals surface area contributed by atoms with Crippen molar-refractivity contribution in [1.29, 1.82) is 0 Å². The van der Waals surface area contributed by atoms with Gasteiger partial charge in [-0.15, -0.1) is 0 Å². The molecule has 33 heavy (non-hydrogen) atoms. The van der Waals surface area contributed by atoms with Gasteiger partial charge in [0.15, 0.2) is 0 Å². The Labute approximate surface area is 197 Å². The molecule has 0 bridgehead atoms. The fourth-order valence-corrected chi connectivity index (χ4v) is 7.96. The second-order valence-corrected chi connectivity index (χ2v) is 11.3. The molecule has 0 spiro atoms. The topological polar surface area (TPSA) is 18.5 Å². The molecule has 4 aliphatic carbocycles. The molecule has 0 aliphatic heterocycles. The molecule has 0 aromatic carbocycles. The molecule has 3 fully saturated rings. The smallest absolute Gasteiger partial charge is 0.359 e. The van der Waals surface area contributed by atoms with E-state index in [1.165, 1.54) is 6.42 Å². The Morgan fingerprint density at radius 2 is 1.85 bits per heavy atom. The predicted molar refractivity (Wildman–Crippen MR) is 125 cm³/mol. The first-order valence-electron chi connectivity index (χ1n) is 12.4. The van der Waals surface area contributed by atoms with E-state index in [-0.39, 0.29) is 22.9 Å². The molecule has 7 atom stereocenters. The Balaban J connectivity index is 1.49. The van der Waals surface area contributed by atoms with Crippen LogP contribution in [0.1, 0.15) is 65.2 Å². The van der Waals surface area contributed by atoms with E-state index >= 15 is 0 Å². The van der Waals surface area contributed by atoms with Crippen molar-refractivity contribution in [2.24, 2.45) is 34.5 Å². The minimum Gasteiger partial charge on any atom is -0.359 e. The monoisotopic (exact) mass is 464 g/mol. The van der Waals surface area contributed by atoms with Crippen molar-refractivity contribution in [3.8, 4) is 0 Å². The third-order valence-corrected chi connectivity index (χ3v) is 9.79. The highest BCUT2D eigenvalue weighted by molar-refractivity contribution is 5.32. The van der Waals surface area contributed by atoms with E-state index in [9.17, 15) is 13.2 Å². The van der Waals surface area contributed by atoms with Crippen molar-refractivity contribution >= 4 is 0 Å². The van der Waals surface area contributed by atoms with Crippen LogP contribution in [0.4, 0.5) is 13.2 Å². The summed E-state index contributed by atoms with van der Waals surface area (Å²) in [4.78, 5) is 0. The minimum atomic E-state index is -4.38. The largest absolute Gasteiger partial charge is 0.415 e. The fraction of sp³-hybridized carbons (Fsp3) is 0.714. The van der Waals surface area contributed by atoms with Crippen LogP contribution in [0.25, 0.3) is 0 Å². The first kappa shape index (κ1) is 24.8. The summed E-state index contributed by atoms with van der Waals surface area (Å²) in [6.45, 7) is 12.6. The van der Waals surface area contributed by atoms with Crippen molar-refractivity contribution < 1.29 is 22.6 Å². The summed E-state index contributed by atoms with van der Waals surface area (Å²) in [5.74, 6) is 2.19. The van der Waals surface area contributed by atoms with Gasteiger partial charge in [0.05, 0.1) is 6.10 Å². The van der Waals surface area contributed by atoms with E-state index in [1.54, 1.807) is 18.8 Å². The maximum Gasteiger partial charge on any atom is 0.415 e. The number of fused-ring (bicyclic) bond motifs is 5. The number of alkyl halides is 3. The summed E-state index contributed by atoms with van der Waals surface area (Å²) in [7, 11) is 1.67. The van der Waals surface area contributed by atoms with Gasteiger partial charge in [-0.25, -0.2) is 0 Å². The Bertz CT molecular complexity index is 841. The van der Waals surface area contributed by atoms with Crippen molar-refractivity contribution in [3.05, 3.63) is 48.1 Å². The zero-order valence-corrected chi connectivity index (χ0v) is 20.3. The number of hydrogen-bond donors (Lipinski definition) is 0. The van der Waals surface area contributed by atoms with Crippen LogP contribution >= 0.6 is 0 Å². The lowest BCUT2D eigenvalue weighted by Gasteiger charge is -2.58. The lowest BCUT2D eigenvalue weighted by atomic mass is 9.47. The standard InChI is InChI=1S/C28H39F3O2/c1-18(6-7-19(2)28(29,30)31)23-10-11-24-22-9-8-20-16-21(33-17-32-5)12-14-26(20,3)25(22)13-15-27(23,24)4/h6-8,21-25H,1-2,9-17H2,3-5H3/b7-6+/t21?,22-,23+,24-,25-,26-,27+/m0/s1. The zero-order valence-electron chi connectivity index (χ0n) is 20.3. The number of halogens is 3. The van der Waals surface area contributed by atoms with Crippen LogP contribution < -0.4 is 0 Å². The summed E-state index contributed by atoms with van der Waals surface area (Å²) in [6, 6.07) is 0. The summed E-state index contributed by atoms with van der Waals surface area (Å²) in [5.41, 5.74) is 1.96. The Kier molecular flexibility index (Phi) is 6.78. The van der Waals surface area contributed by atoms with E-state index < -0.39 is 11.7 Å². The minimum absolute atomic E-state index is 0.114. The van der Waals surface area contributed by atoms with Gasteiger partial charge >= 0.3 is 6.18 Å². The Hall–Kier alpha value is -1.33. The average Bonchev–Trinajstić information content (AvgIpc) is 3.12. The molecule has 0 N–H and O–H groups in total. The number of rotatable bonds is 6. The molecule has 184 valence electrons. The van der Waals surface area contributed by atoms with Gasteiger partial charge in [-0.1, -0.05) is 56.4 Å². The maximum absolute atomic E-state index is 12.9. The molecule has 0 saturated heterocycles. The first-order chi connectivity index (χ1) is 15.5. The first-order valence-corrected chi connectivity index (χ1v) is 12.4. The van der Waals surface area contributed by atoms with E-state index in [4.69, 9.17) is 9.47 Å². The van der Waals surface area contributed by atoms with Crippen LogP contribution in [0.15, 0.2) is 48.1 Å². The van der Waals surface area contributed by atoms with Crippen molar-refractivity contribution in [3.63, 3.8) is 0 Å². The summed E-state index contributed by atoms with van der Waals surface area (Å²) in [6.07, 6.45) is 9.91. The Morgan fingerprint density at radius 3 is 2.55 bits per heavy atom. The third-order valence-electron chi connectivity index (χ3n) is 9.79. The van der Waals surface area contributed by atoms with E-state index in [0.29, 0.717) is 24.5 Å². The zero-order chi connectivity index (χ0) is 24.0. The van der Waals surface area contributed by atoms with Crippen LogP contribution in [0.3, 0.4) is 0 Å². The summed E-state index contributed by atoms with van der Waals surface area (Å²) < 4.78 is 49.6. The lowest BCUT2D eigenvalue weighted by Crippen LogP contribution is -2.50. The van der Waals surface area contributed by atoms with Crippen LogP contribution in [0.5, 0.6) is 0 Å². The molecule has 0 aromatic heterocycles. The summed E-state index contributed by atoms with van der Waals surface area (Å²) >= 11 is 0. The van der Waals surface area contributed by atoms with E-state index in [1.807, 2.05) is 0 Å². The highest BCUT2D eigenvalue weighted by atomic mass is 19.4. The SMILES string of the molecule is C=C(/C=C/C(=C)C(F)(F)F)[C@H]1CC[C@H]2[C@@H]3CC=C4CC(OCOC)CC[C@]4(C)[C@H]3CC[C@]12C. The molecular weight excluding hydrogens is 425 g/mol. The molecule has 0 radical (unpaired) electrons. The quantitative estimate of drug-likeness (QED) is 0.227. The van der Waals surface area contributed by atoms with Crippen molar-refractivity contribution in [2.45, 2.75) is 77.5 Å². The fourth-order valence-electron chi connectivity index (χ4n) is 7.96. The van der Waals surface area contributed by atoms with Crippen LogP contribution in [-0.4, -0.2) is 26.2 Å². The molecule has 4 aliphatic rings. The van der Waals surface area contributed by atoms with Gasteiger partial charge < -0.3 is 9.47 Å². The van der Waals surface area contributed by atoms with Crippen LogP contribution in [0, 0.1) is 34.5 Å². The predicted octanol–water partition coefficient (Wildman–Crippen LogP) is 7.79. The van der Waals surface area contributed by atoms with E-state index in [0.717, 1.165) is 56.6 Å². The molecule has 0 heterocycles. The second kappa shape index (κ2) is 9.03. The molecule has 4 rings (SSSR count). The highest BCUT2D eigenvalue weighted by Crippen LogP contribution is 2.67. The van der Waals surface area contributed by atoms with Crippen molar-refractivity contribution in [1.82, 2.24) is 0 Å². The maximum atomic E-state index is 12.9. The molecule has 0 aromatic rings. The van der Waals surface area contributed by atoms with Gasteiger partial charge in [-0.05, 0) is 85.9 Å². The van der Waals surface area contributed by atoms with Crippen LogP contribution in [-0.2, 0) is 9.47 Å². The Morgan fingerprint density at radius 1 is 1.09 bits per heavy atom.